The van der Waals surface area contributed by atoms with E-state index in [0.717, 1.165) is 12.0 Å². The zero-order chi connectivity index (χ0) is 27.4. The second-order valence-corrected chi connectivity index (χ2v) is 11.1. The van der Waals surface area contributed by atoms with Crippen LogP contribution in [0.4, 0.5) is 5.13 Å². The molecule has 2 aromatic heterocycles. The molecule has 198 valence electrons. The number of aliphatic hydroxyl groups excluding tert-OH is 1. The summed E-state index contributed by atoms with van der Waals surface area (Å²) in [7, 11) is 0. The van der Waals surface area contributed by atoms with Gasteiger partial charge in [0, 0.05) is 28.7 Å². The Morgan fingerprint density at radius 1 is 1.10 bits per heavy atom. The number of nitrogens with zero attached hydrogens (tertiary/aromatic N) is 4. The molecule has 0 radical (unpaired) electrons. The zero-order valence-corrected chi connectivity index (χ0v) is 23.2. The lowest BCUT2D eigenvalue weighted by atomic mass is 9.96. The number of ether oxygens (including phenoxy) is 1. The van der Waals surface area contributed by atoms with Crippen LogP contribution in [0.3, 0.4) is 0 Å². The largest absolute Gasteiger partial charge is 0.507 e. The second kappa shape index (κ2) is 12.0. The Labute approximate surface area is 238 Å². The van der Waals surface area contributed by atoms with Crippen LogP contribution in [-0.2, 0) is 15.3 Å². The third-order valence-corrected chi connectivity index (χ3v) is 8.43. The number of aliphatic hydroxyl groups is 1. The van der Waals surface area contributed by atoms with Gasteiger partial charge in [0.25, 0.3) is 5.78 Å². The maximum Gasteiger partial charge on any atom is 0.301 e. The van der Waals surface area contributed by atoms with E-state index >= 15 is 0 Å². The van der Waals surface area contributed by atoms with Gasteiger partial charge in [0.05, 0.1) is 18.2 Å². The number of aromatic nitrogens is 3. The molecule has 39 heavy (non-hydrogen) atoms. The first-order chi connectivity index (χ1) is 19.0. The van der Waals surface area contributed by atoms with Gasteiger partial charge in [0.1, 0.15) is 11.5 Å². The van der Waals surface area contributed by atoms with E-state index in [4.69, 9.17) is 16.3 Å². The zero-order valence-electron chi connectivity index (χ0n) is 20.8. The summed E-state index contributed by atoms with van der Waals surface area (Å²) in [4.78, 5) is 32.1. The van der Waals surface area contributed by atoms with Gasteiger partial charge in [-0.05, 0) is 53.9 Å². The molecule has 1 amide bonds. The number of Topliss-reactive ketones (excluding diaryl/α,β-unsaturated/α-hetero) is 1. The first kappa shape index (κ1) is 26.9. The summed E-state index contributed by atoms with van der Waals surface area (Å²) in [6, 6.07) is 16.8. The van der Waals surface area contributed by atoms with Crippen molar-refractivity contribution in [3.63, 3.8) is 0 Å². The normalized spacial score (nSPS) is 16.6. The molecule has 5 rings (SSSR count). The molecule has 3 heterocycles. The highest BCUT2D eigenvalue weighted by molar-refractivity contribution is 8.00. The molecular weight excluding hydrogens is 556 g/mol. The number of rotatable bonds is 9. The third kappa shape index (κ3) is 5.68. The van der Waals surface area contributed by atoms with Gasteiger partial charge in [0.2, 0.25) is 5.13 Å². The number of amides is 1. The van der Waals surface area contributed by atoms with Crippen LogP contribution in [-0.4, -0.2) is 38.6 Å². The topological polar surface area (TPSA) is 106 Å². The van der Waals surface area contributed by atoms with Gasteiger partial charge in [-0.15, -0.1) is 10.2 Å². The van der Waals surface area contributed by atoms with Gasteiger partial charge < -0.3 is 9.84 Å². The molecule has 1 fully saturated rings. The Hall–Kier alpha value is -3.73. The minimum absolute atomic E-state index is 0.0457. The summed E-state index contributed by atoms with van der Waals surface area (Å²) in [6.45, 7) is 2.58. The van der Waals surface area contributed by atoms with Crippen LogP contribution in [0.1, 0.15) is 36.1 Å². The fourth-order valence-corrected chi connectivity index (χ4v) is 6.23. The van der Waals surface area contributed by atoms with Crippen molar-refractivity contribution in [2.75, 3.05) is 11.5 Å². The molecule has 11 heteroatoms. The maximum atomic E-state index is 13.3. The number of halogens is 1. The van der Waals surface area contributed by atoms with E-state index in [1.54, 1.807) is 48.8 Å². The summed E-state index contributed by atoms with van der Waals surface area (Å²) in [6.07, 6.45) is 4.02. The minimum atomic E-state index is -0.927. The number of thioether (sulfide) groups is 1. The van der Waals surface area contributed by atoms with E-state index in [1.165, 1.54) is 28.0 Å². The molecular formula is C28H23ClN4O4S2. The van der Waals surface area contributed by atoms with Crippen molar-refractivity contribution < 1.29 is 19.4 Å². The lowest BCUT2D eigenvalue weighted by Crippen LogP contribution is -2.29. The summed E-state index contributed by atoms with van der Waals surface area (Å²) >= 11 is 8.89. The van der Waals surface area contributed by atoms with E-state index in [-0.39, 0.29) is 16.5 Å². The quantitative estimate of drug-likeness (QED) is 0.0811. The molecule has 0 aliphatic carbocycles. The van der Waals surface area contributed by atoms with Crippen LogP contribution in [0.5, 0.6) is 5.75 Å². The average molecular weight is 579 g/mol. The Balaban J connectivity index is 1.49. The predicted octanol–water partition coefficient (Wildman–Crippen LogP) is 6.29. The van der Waals surface area contributed by atoms with E-state index < -0.39 is 17.7 Å². The molecule has 0 saturated carbocycles. The van der Waals surface area contributed by atoms with Gasteiger partial charge in [-0.2, -0.15) is 0 Å². The first-order valence-corrected chi connectivity index (χ1v) is 14.3. The molecule has 1 aliphatic rings. The second-order valence-electron chi connectivity index (χ2n) is 8.56. The van der Waals surface area contributed by atoms with E-state index in [1.807, 2.05) is 31.2 Å². The Kier molecular flexibility index (Phi) is 8.25. The fourth-order valence-electron chi connectivity index (χ4n) is 4.08. The number of hydrogen-bond acceptors (Lipinski definition) is 9. The molecule has 0 bridgehead atoms. The smallest absolute Gasteiger partial charge is 0.301 e. The third-order valence-electron chi connectivity index (χ3n) is 5.96. The highest BCUT2D eigenvalue weighted by Crippen LogP contribution is 2.44. The Morgan fingerprint density at radius 3 is 2.62 bits per heavy atom. The highest BCUT2D eigenvalue weighted by Gasteiger charge is 2.48. The molecule has 0 spiro atoms. The maximum absolute atomic E-state index is 13.3. The summed E-state index contributed by atoms with van der Waals surface area (Å²) in [5.74, 6) is -0.685. The van der Waals surface area contributed by atoms with E-state index in [9.17, 15) is 14.7 Å². The van der Waals surface area contributed by atoms with Gasteiger partial charge in [-0.1, -0.05) is 65.9 Å². The van der Waals surface area contributed by atoms with Crippen LogP contribution in [0.15, 0.2) is 83.0 Å². The SMILES string of the molecule is CCCOc1ccc(/C(O)=C2/C(=O)C(=O)N(c3nnc(SCc4ccccc4Cl)s3)C2c2cccnc2)cc1. The highest BCUT2D eigenvalue weighted by atomic mass is 35.5. The van der Waals surface area contributed by atoms with Gasteiger partial charge in [0.15, 0.2) is 4.34 Å². The number of benzene rings is 2. The number of carbonyl (C=O) groups excluding carboxylic acids is 2. The van der Waals surface area contributed by atoms with Gasteiger partial charge in [-0.3, -0.25) is 19.5 Å². The lowest BCUT2D eigenvalue weighted by Gasteiger charge is -2.22. The summed E-state index contributed by atoms with van der Waals surface area (Å²) in [5, 5.41) is 20.6. The van der Waals surface area contributed by atoms with Crippen molar-refractivity contribution in [3.8, 4) is 5.75 Å². The number of pyridine rings is 1. The summed E-state index contributed by atoms with van der Waals surface area (Å²) < 4.78 is 6.23. The number of hydrogen-bond donors (Lipinski definition) is 1. The Bertz CT molecular complexity index is 1530. The first-order valence-electron chi connectivity index (χ1n) is 12.1. The van der Waals surface area contributed by atoms with Crippen molar-refractivity contribution in [1.82, 2.24) is 15.2 Å². The predicted molar refractivity (Wildman–Crippen MR) is 152 cm³/mol. The van der Waals surface area contributed by atoms with Crippen molar-refractivity contribution in [2.45, 2.75) is 29.5 Å². The molecule has 1 saturated heterocycles. The van der Waals surface area contributed by atoms with E-state index in [2.05, 4.69) is 15.2 Å². The molecule has 4 aromatic rings. The van der Waals surface area contributed by atoms with Crippen molar-refractivity contribution in [3.05, 3.63) is 100 Å². The van der Waals surface area contributed by atoms with Crippen LogP contribution in [0.2, 0.25) is 5.02 Å². The van der Waals surface area contributed by atoms with Crippen LogP contribution in [0, 0.1) is 0 Å². The monoisotopic (exact) mass is 578 g/mol. The van der Waals surface area contributed by atoms with Gasteiger partial charge >= 0.3 is 5.91 Å². The van der Waals surface area contributed by atoms with Crippen molar-refractivity contribution in [1.29, 1.82) is 0 Å². The lowest BCUT2D eigenvalue weighted by molar-refractivity contribution is -0.132. The van der Waals surface area contributed by atoms with Crippen molar-refractivity contribution in [2.24, 2.45) is 0 Å². The molecule has 2 aromatic carbocycles. The van der Waals surface area contributed by atoms with Gasteiger partial charge in [-0.25, -0.2) is 0 Å². The molecule has 1 N–H and O–H groups in total. The molecule has 1 aliphatic heterocycles. The minimum Gasteiger partial charge on any atom is -0.507 e. The number of ketones is 1. The number of carbonyl (C=O) groups is 2. The summed E-state index contributed by atoms with van der Waals surface area (Å²) in [5.41, 5.74) is 1.85. The molecule has 1 atom stereocenters. The fraction of sp³-hybridized carbons (Fsp3) is 0.179. The van der Waals surface area contributed by atoms with E-state index in [0.29, 0.717) is 38.6 Å². The van der Waals surface area contributed by atoms with Crippen molar-refractivity contribution >= 4 is 57.3 Å². The molecule has 8 nitrogen and oxygen atoms in total. The molecule has 1 unspecified atom stereocenters. The Morgan fingerprint density at radius 2 is 1.90 bits per heavy atom. The number of anilines is 1. The van der Waals surface area contributed by atoms with Crippen LogP contribution >= 0.6 is 34.7 Å². The average Bonchev–Trinajstić information content (AvgIpc) is 3.53. The van der Waals surface area contributed by atoms with Crippen LogP contribution in [0.25, 0.3) is 5.76 Å². The van der Waals surface area contributed by atoms with Crippen LogP contribution < -0.4 is 9.64 Å². The standard InChI is InChI=1S/C28H23ClN4O4S2/c1-2-14-37-20-11-9-17(10-12-20)24(34)22-23(18-7-5-13-30-15-18)33(26(36)25(22)35)27-31-32-28(39-27)38-16-19-6-3-4-8-21(19)29/h3-13,15,23,34H,2,14,16H2,1H3/b24-22-.